The molecule has 2 rings (SSSR count). The molecule has 19 heavy (non-hydrogen) atoms. The largest absolute Gasteiger partial charge is 0.379 e. The van der Waals surface area contributed by atoms with Gasteiger partial charge in [0.2, 0.25) is 5.91 Å². The fourth-order valence-corrected chi connectivity index (χ4v) is 2.78. The Labute approximate surface area is 116 Å². The van der Waals surface area contributed by atoms with Gasteiger partial charge in [0.05, 0.1) is 13.2 Å². The van der Waals surface area contributed by atoms with Crippen LogP contribution in [0.2, 0.25) is 0 Å². The molecule has 0 saturated carbocycles. The van der Waals surface area contributed by atoms with E-state index in [-0.39, 0.29) is 5.91 Å². The van der Waals surface area contributed by atoms with Crippen molar-refractivity contribution in [2.24, 2.45) is 5.92 Å². The molecule has 110 valence electrons. The van der Waals surface area contributed by atoms with Crippen molar-refractivity contribution in [2.45, 2.75) is 25.7 Å². The van der Waals surface area contributed by atoms with Crippen LogP contribution in [0, 0.1) is 5.92 Å². The molecule has 2 saturated heterocycles. The highest BCUT2D eigenvalue weighted by Gasteiger charge is 2.16. The molecule has 1 amide bonds. The SMILES string of the molecule is O=C(CC1CCNCC1)NCCCN1CCOCC1. The molecule has 5 heteroatoms. The fourth-order valence-electron chi connectivity index (χ4n) is 2.78. The third kappa shape index (κ3) is 5.89. The molecule has 0 aliphatic carbocycles. The van der Waals surface area contributed by atoms with Gasteiger partial charge in [-0.1, -0.05) is 0 Å². The Balaban J connectivity index is 1.48. The quantitative estimate of drug-likeness (QED) is 0.677. The molecular formula is C14H27N3O2. The van der Waals surface area contributed by atoms with Crippen molar-refractivity contribution in [3.63, 3.8) is 0 Å². The van der Waals surface area contributed by atoms with Gasteiger partial charge >= 0.3 is 0 Å². The van der Waals surface area contributed by atoms with Gasteiger partial charge < -0.3 is 15.4 Å². The second-order valence-electron chi connectivity index (χ2n) is 5.56. The van der Waals surface area contributed by atoms with Crippen LogP contribution >= 0.6 is 0 Å². The zero-order chi connectivity index (χ0) is 13.3. The molecule has 2 aliphatic heterocycles. The van der Waals surface area contributed by atoms with E-state index in [4.69, 9.17) is 4.74 Å². The van der Waals surface area contributed by atoms with Gasteiger partial charge in [-0.3, -0.25) is 9.69 Å². The van der Waals surface area contributed by atoms with E-state index in [1.165, 1.54) is 0 Å². The molecule has 0 spiro atoms. The lowest BCUT2D eigenvalue weighted by Crippen LogP contribution is -2.38. The molecule has 2 N–H and O–H groups in total. The fraction of sp³-hybridized carbons (Fsp3) is 0.929. The van der Waals surface area contributed by atoms with E-state index in [2.05, 4.69) is 15.5 Å². The number of rotatable bonds is 6. The number of amides is 1. The minimum Gasteiger partial charge on any atom is -0.379 e. The summed E-state index contributed by atoms with van der Waals surface area (Å²) in [5, 5.41) is 6.38. The summed E-state index contributed by atoms with van der Waals surface area (Å²) in [6.07, 6.45) is 4.03. The number of carbonyl (C=O) groups is 1. The van der Waals surface area contributed by atoms with Gasteiger partial charge in [0.1, 0.15) is 0 Å². The van der Waals surface area contributed by atoms with E-state index in [9.17, 15) is 4.79 Å². The summed E-state index contributed by atoms with van der Waals surface area (Å²) in [7, 11) is 0. The van der Waals surface area contributed by atoms with E-state index in [1.807, 2.05) is 0 Å². The first-order chi connectivity index (χ1) is 9.34. The summed E-state index contributed by atoms with van der Waals surface area (Å²) < 4.78 is 5.31. The van der Waals surface area contributed by atoms with E-state index in [1.54, 1.807) is 0 Å². The molecule has 0 aromatic rings. The Bertz CT molecular complexity index is 261. The average molecular weight is 269 g/mol. The number of morpholine rings is 1. The van der Waals surface area contributed by atoms with Crippen LogP contribution < -0.4 is 10.6 Å². The molecule has 0 aromatic heterocycles. The predicted octanol–water partition coefficient (Wildman–Crippen LogP) is 0.215. The summed E-state index contributed by atoms with van der Waals surface area (Å²) in [6, 6.07) is 0. The molecule has 0 bridgehead atoms. The Morgan fingerprint density at radius 2 is 2.00 bits per heavy atom. The minimum absolute atomic E-state index is 0.230. The molecule has 5 nitrogen and oxygen atoms in total. The van der Waals surface area contributed by atoms with Crippen LogP contribution in [0.25, 0.3) is 0 Å². The zero-order valence-corrected chi connectivity index (χ0v) is 11.8. The van der Waals surface area contributed by atoms with Crippen molar-refractivity contribution < 1.29 is 9.53 Å². The van der Waals surface area contributed by atoms with Crippen LogP contribution in [0.5, 0.6) is 0 Å². The topological polar surface area (TPSA) is 53.6 Å². The van der Waals surface area contributed by atoms with Crippen molar-refractivity contribution in [3.8, 4) is 0 Å². The standard InChI is InChI=1S/C14H27N3O2/c18-14(12-13-2-5-15-6-3-13)16-4-1-7-17-8-10-19-11-9-17/h13,15H,1-12H2,(H,16,18). The Kier molecular flexibility index (Phi) is 6.61. The highest BCUT2D eigenvalue weighted by Crippen LogP contribution is 2.15. The van der Waals surface area contributed by atoms with Crippen LogP contribution in [0.15, 0.2) is 0 Å². The first kappa shape index (κ1) is 14.8. The van der Waals surface area contributed by atoms with E-state index in [0.717, 1.165) is 71.7 Å². The normalized spacial score (nSPS) is 22.3. The van der Waals surface area contributed by atoms with Gasteiger partial charge in [-0.15, -0.1) is 0 Å². The van der Waals surface area contributed by atoms with Crippen molar-refractivity contribution >= 4 is 5.91 Å². The Morgan fingerprint density at radius 3 is 2.74 bits per heavy atom. The van der Waals surface area contributed by atoms with E-state index in [0.29, 0.717) is 12.3 Å². The number of piperidine rings is 1. The third-order valence-electron chi connectivity index (χ3n) is 4.01. The highest BCUT2D eigenvalue weighted by molar-refractivity contribution is 5.76. The molecular weight excluding hydrogens is 242 g/mol. The maximum atomic E-state index is 11.8. The van der Waals surface area contributed by atoms with E-state index < -0.39 is 0 Å². The lowest BCUT2D eigenvalue weighted by molar-refractivity contribution is -0.122. The summed E-state index contributed by atoms with van der Waals surface area (Å²) in [6.45, 7) is 7.76. The number of ether oxygens (including phenoxy) is 1. The van der Waals surface area contributed by atoms with Gasteiger partial charge in [0, 0.05) is 26.1 Å². The predicted molar refractivity (Wildman–Crippen MR) is 75.1 cm³/mol. The number of hydrogen-bond acceptors (Lipinski definition) is 4. The second-order valence-corrected chi connectivity index (χ2v) is 5.56. The van der Waals surface area contributed by atoms with Crippen molar-refractivity contribution in [3.05, 3.63) is 0 Å². The first-order valence-corrected chi connectivity index (χ1v) is 7.62. The van der Waals surface area contributed by atoms with Crippen LogP contribution in [0.3, 0.4) is 0 Å². The lowest BCUT2D eigenvalue weighted by Gasteiger charge is -2.26. The van der Waals surface area contributed by atoms with Crippen molar-refractivity contribution in [1.29, 1.82) is 0 Å². The average Bonchev–Trinajstić information content (AvgIpc) is 2.46. The zero-order valence-electron chi connectivity index (χ0n) is 11.8. The molecule has 0 aromatic carbocycles. The van der Waals surface area contributed by atoms with Gasteiger partial charge in [0.15, 0.2) is 0 Å². The first-order valence-electron chi connectivity index (χ1n) is 7.62. The Morgan fingerprint density at radius 1 is 1.26 bits per heavy atom. The maximum absolute atomic E-state index is 11.8. The van der Waals surface area contributed by atoms with Crippen LogP contribution in [-0.4, -0.2) is 63.3 Å². The van der Waals surface area contributed by atoms with Crippen molar-refractivity contribution in [2.75, 3.05) is 52.5 Å². The molecule has 2 heterocycles. The lowest BCUT2D eigenvalue weighted by atomic mass is 9.94. The van der Waals surface area contributed by atoms with Crippen LogP contribution in [-0.2, 0) is 9.53 Å². The summed E-state index contributed by atoms with van der Waals surface area (Å²) in [5.41, 5.74) is 0. The number of nitrogens with zero attached hydrogens (tertiary/aromatic N) is 1. The third-order valence-corrected chi connectivity index (χ3v) is 4.01. The minimum atomic E-state index is 0.230. The smallest absolute Gasteiger partial charge is 0.220 e. The number of nitrogens with one attached hydrogen (secondary N) is 2. The molecule has 0 atom stereocenters. The van der Waals surface area contributed by atoms with Crippen molar-refractivity contribution in [1.82, 2.24) is 15.5 Å². The summed E-state index contributed by atoms with van der Waals surface area (Å²) in [4.78, 5) is 14.2. The monoisotopic (exact) mass is 269 g/mol. The van der Waals surface area contributed by atoms with E-state index >= 15 is 0 Å². The molecule has 2 fully saturated rings. The molecule has 0 unspecified atom stereocenters. The summed E-state index contributed by atoms with van der Waals surface area (Å²) >= 11 is 0. The Hall–Kier alpha value is -0.650. The van der Waals surface area contributed by atoms with Gasteiger partial charge in [-0.2, -0.15) is 0 Å². The summed E-state index contributed by atoms with van der Waals surface area (Å²) in [5.74, 6) is 0.814. The van der Waals surface area contributed by atoms with Crippen LogP contribution in [0.4, 0.5) is 0 Å². The maximum Gasteiger partial charge on any atom is 0.220 e. The van der Waals surface area contributed by atoms with Gasteiger partial charge in [-0.25, -0.2) is 0 Å². The van der Waals surface area contributed by atoms with Gasteiger partial charge in [-0.05, 0) is 44.8 Å². The number of hydrogen-bond donors (Lipinski definition) is 2. The van der Waals surface area contributed by atoms with Gasteiger partial charge in [0.25, 0.3) is 0 Å². The number of carbonyl (C=O) groups excluding carboxylic acids is 1. The highest BCUT2D eigenvalue weighted by atomic mass is 16.5. The van der Waals surface area contributed by atoms with Crippen LogP contribution in [0.1, 0.15) is 25.7 Å². The molecule has 2 aliphatic rings. The molecule has 0 radical (unpaired) electrons. The second kappa shape index (κ2) is 8.51.